The number of likely N-dealkylation sites (tertiary alicyclic amines) is 1. The van der Waals surface area contributed by atoms with E-state index in [1.807, 2.05) is 0 Å². The van der Waals surface area contributed by atoms with Gasteiger partial charge in [0.15, 0.2) is 0 Å². The largest absolute Gasteiger partial charge is 0.356 e. The van der Waals surface area contributed by atoms with E-state index < -0.39 is 0 Å². The van der Waals surface area contributed by atoms with Crippen LogP contribution in [0.3, 0.4) is 0 Å². The Morgan fingerprint density at radius 2 is 2.06 bits per heavy atom. The van der Waals surface area contributed by atoms with Gasteiger partial charge in [-0.05, 0) is 19.3 Å². The van der Waals surface area contributed by atoms with E-state index in [0.717, 1.165) is 44.5 Å². The van der Waals surface area contributed by atoms with Crippen LogP contribution in [0.1, 0.15) is 39.0 Å². The maximum Gasteiger partial charge on any atom is 0.227 e. The molecular formula is C12H20N2O2. The summed E-state index contributed by atoms with van der Waals surface area (Å²) in [5.41, 5.74) is 0.992. The number of carbonyl (C=O) groups is 2. The predicted molar refractivity (Wildman–Crippen MR) is 62.6 cm³/mol. The minimum atomic E-state index is 0.204. The third-order valence-electron chi connectivity index (χ3n) is 2.66. The third kappa shape index (κ3) is 3.68. The van der Waals surface area contributed by atoms with Crippen molar-refractivity contribution in [1.82, 2.24) is 10.2 Å². The first-order valence-electron chi connectivity index (χ1n) is 5.90. The zero-order chi connectivity index (χ0) is 12.0. The van der Waals surface area contributed by atoms with Crippen molar-refractivity contribution in [2.24, 2.45) is 0 Å². The zero-order valence-electron chi connectivity index (χ0n) is 9.92. The normalized spacial score (nSPS) is 19.6. The van der Waals surface area contributed by atoms with E-state index in [-0.39, 0.29) is 11.8 Å². The summed E-state index contributed by atoms with van der Waals surface area (Å²) in [6.45, 7) is 7.61. The fourth-order valence-corrected chi connectivity index (χ4v) is 1.77. The summed E-state index contributed by atoms with van der Waals surface area (Å²) in [6, 6.07) is 0. The van der Waals surface area contributed by atoms with E-state index in [9.17, 15) is 9.59 Å². The van der Waals surface area contributed by atoms with E-state index in [4.69, 9.17) is 0 Å². The second-order valence-electron chi connectivity index (χ2n) is 4.07. The van der Waals surface area contributed by atoms with Gasteiger partial charge in [0.25, 0.3) is 0 Å². The lowest BCUT2D eigenvalue weighted by Crippen LogP contribution is -2.23. The highest BCUT2D eigenvalue weighted by atomic mass is 16.2. The molecule has 0 aromatic carbocycles. The summed E-state index contributed by atoms with van der Waals surface area (Å²) in [4.78, 5) is 23.0. The molecule has 4 nitrogen and oxygen atoms in total. The molecule has 2 aliphatic rings. The summed E-state index contributed by atoms with van der Waals surface area (Å²) in [7, 11) is 0. The molecule has 2 heterocycles. The number of allylic oxidation sites excluding steroid dienone is 1. The smallest absolute Gasteiger partial charge is 0.227 e. The van der Waals surface area contributed by atoms with Crippen LogP contribution < -0.4 is 5.32 Å². The number of amides is 2. The summed E-state index contributed by atoms with van der Waals surface area (Å²) in [5, 5.41) is 2.68. The summed E-state index contributed by atoms with van der Waals surface area (Å²) in [6.07, 6.45) is 4.31. The number of nitrogens with one attached hydrogen (secondary N) is 1. The molecule has 2 amide bonds. The van der Waals surface area contributed by atoms with Gasteiger partial charge >= 0.3 is 0 Å². The fraction of sp³-hybridized carbons (Fsp3) is 0.667. The maximum atomic E-state index is 11.0. The molecule has 2 saturated heterocycles. The molecule has 4 heteroatoms. The molecule has 0 radical (unpaired) electrons. The Kier molecular flexibility index (Phi) is 5.02. The van der Waals surface area contributed by atoms with Gasteiger partial charge < -0.3 is 10.2 Å². The average Bonchev–Trinajstić information content (AvgIpc) is 2.84. The van der Waals surface area contributed by atoms with Crippen LogP contribution in [0.5, 0.6) is 0 Å². The van der Waals surface area contributed by atoms with Crippen molar-refractivity contribution < 1.29 is 9.59 Å². The Bertz CT molecular complexity index is 263. The molecule has 0 atom stereocenters. The van der Waals surface area contributed by atoms with Crippen LogP contribution in [0.2, 0.25) is 0 Å². The number of hydrogen-bond acceptors (Lipinski definition) is 2. The van der Waals surface area contributed by atoms with Gasteiger partial charge in [0.05, 0.1) is 0 Å². The van der Waals surface area contributed by atoms with Crippen molar-refractivity contribution in [3.8, 4) is 0 Å². The number of nitrogens with zero attached hydrogens (tertiary/aromatic N) is 1. The SMILES string of the molecule is C=C1CCC(=O)N1CCC.O=C1CCCN1. The second-order valence-corrected chi connectivity index (χ2v) is 4.07. The Morgan fingerprint density at radius 1 is 1.31 bits per heavy atom. The lowest BCUT2D eigenvalue weighted by molar-refractivity contribution is -0.126. The first-order chi connectivity index (χ1) is 7.65. The van der Waals surface area contributed by atoms with Gasteiger partial charge in [0.2, 0.25) is 11.8 Å². The average molecular weight is 224 g/mol. The molecule has 0 bridgehead atoms. The molecular weight excluding hydrogens is 204 g/mol. The van der Waals surface area contributed by atoms with Crippen molar-refractivity contribution in [1.29, 1.82) is 0 Å². The molecule has 0 unspecified atom stereocenters. The highest BCUT2D eigenvalue weighted by molar-refractivity contribution is 5.81. The van der Waals surface area contributed by atoms with Gasteiger partial charge in [0, 0.05) is 31.6 Å². The molecule has 2 rings (SSSR count). The highest BCUT2D eigenvalue weighted by Crippen LogP contribution is 2.19. The Hall–Kier alpha value is -1.32. The van der Waals surface area contributed by atoms with Gasteiger partial charge in [0.1, 0.15) is 0 Å². The van der Waals surface area contributed by atoms with E-state index in [2.05, 4.69) is 18.8 Å². The summed E-state index contributed by atoms with van der Waals surface area (Å²) < 4.78 is 0. The first kappa shape index (κ1) is 12.7. The molecule has 2 fully saturated rings. The number of hydrogen-bond donors (Lipinski definition) is 1. The Morgan fingerprint density at radius 3 is 2.38 bits per heavy atom. The van der Waals surface area contributed by atoms with E-state index in [1.165, 1.54) is 0 Å². The fourth-order valence-electron chi connectivity index (χ4n) is 1.77. The molecule has 1 N–H and O–H groups in total. The van der Waals surface area contributed by atoms with Crippen LogP contribution in [0.25, 0.3) is 0 Å². The minimum absolute atomic E-state index is 0.204. The quantitative estimate of drug-likeness (QED) is 0.771. The van der Waals surface area contributed by atoms with E-state index in [1.54, 1.807) is 4.90 Å². The van der Waals surface area contributed by atoms with Crippen LogP contribution >= 0.6 is 0 Å². The van der Waals surface area contributed by atoms with Crippen molar-refractivity contribution in [3.63, 3.8) is 0 Å². The summed E-state index contributed by atoms with van der Waals surface area (Å²) in [5.74, 6) is 0.446. The molecule has 0 saturated carbocycles. The van der Waals surface area contributed by atoms with E-state index >= 15 is 0 Å². The van der Waals surface area contributed by atoms with Gasteiger partial charge in [-0.1, -0.05) is 13.5 Å². The first-order valence-corrected chi connectivity index (χ1v) is 5.90. The molecule has 16 heavy (non-hydrogen) atoms. The maximum absolute atomic E-state index is 11.0. The van der Waals surface area contributed by atoms with Gasteiger partial charge in [-0.25, -0.2) is 0 Å². The predicted octanol–water partition coefficient (Wildman–Crippen LogP) is 1.43. The van der Waals surface area contributed by atoms with Gasteiger partial charge in [-0.15, -0.1) is 0 Å². The topological polar surface area (TPSA) is 49.4 Å². The summed E-state index contributed by atoms with van der Waals surface area (Å²) >= 11 is 0. The lowest BCUT2D eigenvalue weighted by atomic mass is 10.3. The number of carbonyl (C=O) groups excluding carboxylic acids is 2. The molecule has 2 aliphatic heterocycles. The van der Waals surface area contributed by atoms with Crippen LogP contribution in [-0.2, 0) is 9.59 Å². The zero-order valence-corrected chi connectivity index (χ0v) is 9.92. The Balaban J connectivity index is 0.000000181. The van der Waals surface area contributed by atoms with Gasteiger partial charge in [-0.3, -0.25) is 9.59 Å². The molecule has 0 aromatic rings. The van der Waals surface area contributed by atoms with Gasteiger partial charge in [-0.2, -0.15) is 0 Å². The molecule has 90 valence electrons. The second kappa shape index (κ2) is 6.30. The van der Waals surface area contributed by atoms with Crippen LogP contribution in [0, 0.1) is 0 Å². The monoisotopic (exact) mass is 224 g/mol. The molecule has 0 spiro atoms. The van der Waals surface area contributed by atoms with Crippen LogP contribution in [0.15, 0.2) is 12.3 Å². The lowest BCUT2D eigenvalue weighted by Gasteiger charge is -2.14. The number of rotatable bonds is 2. The van der Waals surface area contributed by atoms with Crippen LogP contribution in [0.4, 0.5) is 0 Å². The van der Waals surface area contributed by atoms with E-state index in [0.29, 0.717) is 6.42 Å². The molecule has 0 aliphatic carbocycles. The Labute approximate surface area is 96.7 Å². The van der Waals surface area contributed by atoms with Crippen LogP contribution in [-0.4, -0.2) is 29.8 Å². The van der Waals surface area contributed by atoms with Crippen molar-refractivity contribution >= 4 is 11.8 Å². The third-order valence-corrected chi connectivity index (χ3v) is 2.66. The van der Waals surface area contributed by atoms with Crippen molar-refractivity contribution in [3.05, 3.63) is 12.3 Å². The highest BCUT2D eigenvalue weighted by Gasteiger charge is 2.22. The van der Waals surface area contributed by atoms with Crippen molar-refractivity contribution in [2.75, 3.05) is 13.1 Å². The molecule has 0 aromatic heterocycles. The minimum Gasteiger partial charge on any atom is -0.356 e. The van der Waals surface area contributed by atoms with Crippen molar-refractivity contribution in [2.45, 2.75) is 39.0 Å². The standard InChI is InChI=1S/C8H13NO.C4H7NO/c1-3-6-9-7(2)4-5-8(9)10;6-4-2-1-3-5-4/h2-6H2,1H3;1-3H2,(H,5,6).